The lowest BCUT2D eigenvalue weighted by molar-refractivity contribution is -0.144. The van der Waals surface area contributed by atoms with E-state index in [1.807, 2.05) is 0 Å². The number of pyridine rings is 1. The summed E-state index contributed by atoms with van der Waals surface area (Å²) in [5.41, 5.74) is 4.58. The van der Waals surface area contributed by atoms with E-state index in [0.717, 1.165) is 0 Å². The van der Waals surface area contributed by atoms with Gasteiger partial charge in [-0.1, -0.05) is 6.07 Å². The van der Waals surface area contributed by atoms with Crippen LogP contribution in [0.15, 0.2) is 24.4 Å². The highest BCUT2D eigenvalue weighted by molar-refractivity contribution is 5.93. The Labute approximate surface area is 110 Å². The van der Waals surface area contributed by atoms with E-state index in [2.05, 4.69) is 20.6 Å². The van der Waals surface area contributed by atoms with Gasteiger partial charge in [0.15, 0.2) is 0 Å². The number of aromatic nitrogens is 1. The number of nitrogens with zero attached hydrogens (tertiary/aromatic N) is 1. The van der Waals surface area contributed by atoms with Crippen molar-refractivity contribution in [2.75, 3.05) is 6.61 Å². The maximum absolute atomic E-state index is 11.5. The molecule has 102 valence electrons. The number of amides is 2. The van der Waals surface area contributed by atoms with Crippen LogP contribution in [0.3, 0.4) is 0 Å². The molecule has 0 aliphatic heterocycles. The fourth-order valence-corrected chi connectivity index (χ4v) is 1.20. The molecule has 0 aromatic carbocycles. The van der Waals surface area contributed by atoms with Crippen molar-refractivity contribution < 1.29 is 19.1 Å². The van der Waals surface area contributed by atoms with Crippen LogP contribution in [0.1, 0.15) is 30.3 Å². The summed E-state index contributed by atoms with van der Waals surface area (Å²) < 4.78 is 4.67. The van der Waals surface area contributed by atoms with E-state index >= 15 is 0 Å². The summed E-state index contributed by atoms with van der Waals surface area (Å²) in [6, 6.07) is 4.85. The first-order chi connectivity index (χ1) is 9.13. The molecule has 0 fully saturated rings. The monoisotopic (exact) mass is 265 g/mol. The fraction of sp³-hybridized carbons (Fsp3) is 0.333. The molecule has 0 aliphatic carbocycles. The van der Waals surface area contributed by atoms with Crippen molar-refractivity contribution >= 4 is 17.8 Å². The summed E-state index contributed by atoms with van der Waals surface area (Å²) in [4.78, 5) is 37.7. The van der Waals surface area contributed by atoms with Gasteiger partial charge in [-0.2, -0.15) is 0 Å². The average molecular weight is 265 g/mol. The Balaban J connectivity index is 2.27. The summed E-state index contributed by atoms with van der Waals surface area (Å²) in [7, 11) is 0. The molecule has 0 spiro atoms. The zero-order valence-electron chi connectivity index (χ0n) is 10.5. The Hall–Kier alpha value is -2.44. The molecular weight excluding hydrogens is 250 g/mol. The third kappa shape index (κ3) is 5.62. The number of hydrogen-bond donors (Lipinski definition) is 2. The number of carbonyl (C=O) groups is 3. The van der Waals surface area contributed by atoms with E-state index in [-0.39, 0.29) is 25.1 Å². The van der Waals surface area contributed by atoms with Gasteiger partial charge in [-0.05, 0) is 19.1 Å². The van der Waals surface area contributed by atoms with Crippen LogP contribution >= 0.6 is 0 Å². The molecule has 1 heterocycles. The second-order valence-electron chi connectivity index (χ2n) is 3.52. The molecule has 7 heteroatoms. The van der Waals surface area contributed by atoms with Crippen molar-refractivity contribution in [2.45, 2.75) is 19.8 Å². The van der Waals surface area contributed by atoms with Crippen LogP contribution in [0, 0.1) is 0 Å². The number of ether oxygens (including phenoxy) is 1. The lowest BCUT2D eigenvalue weighted by Crippen LogP contribution is -2.42. The minimum atomic E-state index is -0.523. The van der Waals surface area contributed by atoms with E-state index in [9.17, 15) is 14.4 Å². The van der Waals surface area contributed by atoms with Crippen LogP contribution in [0.5, 0.6) is 0 Å². The molecule has 1 aromatic rings. The number of esters is 1. The van der Waals surface area contributed by atoms with E-state index in [0.29, 0.717) is 0 Å². The molecule has 0 bridgehead atoms. The van der Waals surface area contributed by atoms with Crippen molar-refractivity contribution in [3.63, 3.8) is 0 Å². The van der Waals surface area contributed by atoms with E-state index in [1.165, 1.54) is 12.3 Å². The SMILES string of the molecule is CCOC(=O)CCC(=O)NNC(=O)c1ccccn1. The lowest BCUT2D eigenvalue weighted by atomic mass is 10.3. The number of hydrogen-bond acceptors (Lipinski definition) is 5. The molecule has 0 unspecified atom stereocenters. The van der Waals surface area contributed by atoms with Crippen molar-refractivity contribution in [2.24, 2.45) is 0 Å². The second kappa shape index (κ2) is 7.80. The van der Waals surface area contributed by atoms with Crippen LogP contribution in [-0.4, -0.2) is 29.4 Å². The molecule has 0 saturated carbocycles. The van der Waals surface area contributed by atoms with Crippen LogP contribution < -0.4 is 10.9 Å². The molecule has 7 nitrogen and oxygen atoms in total. The molecular formula is C12H15N3O4. The molecule has 0 radical (unpaired) electrons. The minimum Gasteiger partial charge on any atom is -0.466 e. The largest absolute Gasteiger partial charge is 0.466 e. The smallest absolute Gasteiger partial charge is 0.306 e. The van der Waals surface area contributed by atoms with Gasteiger partial charge in [0.1, 0.15) is 5.69 Å². The zero-order chi connectivity index (χ0) is 14.1. The van der Waals surface area contributed by atoms with Crippen molar-refractivity contribution in [1.29, 1.82) is 0 Å². The van der Waals surface area contributed by atoms with Crippen molar-refractivity contribution in [1.82, 2.24) is 15.8 Å². The normalized spacial score (nSPS) is 9.53. The molecule has 2 N–H and O–H groups in total. The van der Waals surface area contributed by atoms with Crippen LogP contribution in [0.25, 0.3) is 0 Å². The predicted molar refractivity (Wildman–Crippen MR) is 65.7 cm³/mol. The molecule has 19 heavy (non-hydrogen) atoms. The first-order valence-corrected chi connectivity index (χ1v) is 5.79. The highest BCUT2D eigenvalue weighted by Gasteiger charge is 2.10. The number of rotatable bonds is 5. The van der Waals surface area contributed by atoms with Gasteiger partial charge in [0.25, 0.3) is 5.91 Å². The molecule has 0 saturated heterocycles. The van der Waals surface area contributed by atoms with Crippen LogP contribution in [-0.2, 0) is 14.3 Å². The Morgan fingerprint density at radius 3 is 2.63 bits per heavy atom. The third-order valence-corrected chi connectivity index (χ3v) is 2.07. The van der Waals surface area contributed by atoms with Gasteiger partial charge in [0, 0.05) is 12.6 Å². The topological polar surface area (TPSA) is 97.4 Å². The van der Waals surface area contributed by atoms with Gasteiger partial charge in [0.05, 0.1) is 13.0 Å². The van der Waals surface area contributed by atoms with Crippen molar-refractivity contribution in [3.05, 3.63) is 30.1 Å². The highest BCUT2D eigenvalue weighted by Crippen LogP contribution is 1.94. The quantitative estimate of drug-likeness (QED) is 0.585. The van der Waals surface area contributed by atoms with Gasteiger partial charge < -0.3 is 4.74 Å². The molecule has 0 aliphatic rings. The van der Waals surface area contributed by atoms with E-state index in [1.54, 1.807) is 19.1 Å². The standard InChI is InChI=1S/C12H15N3O4/c1-2-19-11(17)7-6-10(16)14-15-12(18)9-5-3-4-8-13-9/h3-5,8H,2,6-7H2,1H3,(H,14,16)(H,15,18). The van der Waals surface area contributed by atoms with Gasteiger partial charge >= 0.3 is 5.97 Å². The van der Waals surface area contributed by atoms with Gasteiger partial charge in [-0.15, -0.1) is 0 Å². The number of hydrazine groups is 1. The van der Waals surface area contributed by atoms with Crippen LogP contribution in [0.4, 0.5) is 0 Å². The first kappa shape index (κ1) is 14.6. The Morgan fingerprint density at radius 2 is 2.00 bits per heavy atom. The Morgan fingerprint density at radius 1 is 1.21 bits per heavy atom. The van der Waals surface area contributed by atoms with Crippen molar-refractivity contribution in [3.8, 4) is 0 Å². The fourth-order valence-electron chi connectivity index (χ4n) is 1.20. The number of carbonyl (C=O) groups excluding carboxylic acids is 3. The van der Waals surface area contributed by atoms with E-state index in [4.69, 9.17) is 0 Å². The molecule has 1 rings (SSSR count). The number of nitrogens with one attached hydrogen (secondary N) is 2. The Bertz CT molecular complexity index is 448. The summed E-state index contributed by atoms with van der Waals surface area (Å²) in [5, 5.41) is 0. The molecule has 1 aromatic heterocycles. The second-order valence-corrected chi connectivity index (χ2v) is 3.52. The zero-order valence-corrected chi connectivity index (χ0v) is 10.5. The maximum atomic E-state index is 11.5. The third-order valence-electron chi connectivity index (χ3n) is 2.07. The molecule has 0 atom stereocenters. The summed E-state index contributed by atoms with van der Waals surface area (Å²) >= 11 is 0. The van der Waals surface area contributed by atoms with E-state index < -0.39 is 17.8 Å². The van der Waals surface area contributed by atoms with Gasteiger partial charge in [0.2, 0.25) is 5.91 Å². The maximum Gasteiger partial charge on any atom is 0.306 e. The van der Waals surface area contributed by atoms with Gasteiger partial charge in [-0.25, -0.2) is 0 Å². The molecule has 2 amide bonds. The predicted octanol–water partition coefficient (Wildman–Crippen LogP) is 0.186. The van der Waals surface area contributed by atoms with Gasteiger partial charge in [-0.3, -0.25) is 30.2 Å². The first-order valence-electron chi connectivity index (χ1n) is 5.79. The Kier molecular flexibility index (Phi) is 6.00. The summed E-state index contributed by atoms with van der Waals surface area (Å²) in [5.74, 6) is -1.45. The lowest BCUT2D eigenvalue weighted by Gasteiger charge is -2.06. The summed E-state index contributed by atoms with van der Waals surface area (Å²) in [6.45, 7) is 1.96. The minimum absolute atomic E-state index is 0.0286. The average Bonchev–Trinajstić information content (AvgIpc) is 2.44. The van der Waals surface area contributed by atoms with Crippen LogP contribution in [0.2, 0.25) is 0 Å². The highest BCUT2D eigenvalue weighted by atomic mass is 16.5. The summed E-state index contributed by atoms with van der Waals surface area (Å²) in [6.07, 6.45) is 1.39.